The third kappa shape index (κ3) is 2.64. The molecule has 0 saturated carbocycles. The number of benzene rings is 1. The van der Waals surface area contributed by atoms with E-state index in [1.807, 2.05) is 55.5 Å². The van der Waals surface area contributed by atoms with Gasteiger partial charge in [-0.15, -0.1) is 12.4 Å². The van der Waals surface area contributed by atoms with Crippen molar-refractivity contribution in [1.29, 1.82) is 0 Å². The van der Waals surface area contributed by atoms with Crippen molar-refractivity contribution in [3.05, 3.63) is 71.7 Å². The predicted molar refractivity (Wildman–Crippen MR) is 82.0 cm³/mol. The Morgan fingerprint density at radius 1 is 1.05 bits per heavy atom. The molecule has 20 heavy (non-hydrogen) atoms. The highest BCUT2D eigenvalue weighted by Crippen LogP contribution is 2.27. The number of pyridine rings is 2. The van der Waals surface area contributed by atoms with Crippen LogP contribution in [0.1, 0.15) is 23.1 Å². The van der Waals surface area contributed by atoms with Gasteiger partial charge in [-0.05, 0) is 36.8 Å². The summed E-state index contributed by atoms with van der Waals surface area (Å²) in [5.41, 5.74) is 3.29. The maximum absolute atomic E-state index is 10.5. The van der Waals surface area contributed by atoms with Gasteiger partial charge in [0.15, 0.2) is 0 Å². The Hall–Kier alpha value is -1.97. The Bertz CT molecular complexity index is 716. The SMILES string of the molecule is Cc1cc(C(O)c2ccccn2)c2ccccc2n1.Cl. The lowest BCUT2D eigenvalue weighted by Gasteiger charge is -2.14. The van der Waals surface area contributed by atoms with Gasteiger partial charge < -0.3 is 5.11 Å². The van der Waals surface area contributed by atoms with Gasteiger partial charge in [-0.3, -0.25) is 9.97 Å². The van der Waals surface area contributed by atoms with Crippen molar-refractivity contribution in [2.45, 2.75) is 13.0 Å². The molecule has 0 aliphatic rings. The van der Waals surface area contributed by atoms with Gasteiger partial charge in [0.05, 0.1) is 11.2 Å². The summed E-state index contributed by atoms with van der Waals surface area (Å²) in [6.07, 6.45) is 0.960. The van der Waals surface area contributed by atoms with Crippen LogP contribution in [0.25, 0.3) is 10.9 Å². The van der Waals surface area contributed by atoms with Crippen LogP contribution in [0.4, 0.5) is 0 Å². The highest BCUT2D eigenvalue weighted by atomic mass is 35.5. The average Bonchev–Trinajstić information content (AvgIpc) is 2.46. The largest absolute Gasteiger partial charge is 0.382 e. The Morgan fingerprint density at radius 3 is 2.55 bits per heavy atom. The van der Waals surface area contributed by atoms with Crippen LogP contribution in [0.3, 0.4) is 0 Å². The van der Waals surface area contributed by atoms with Gasteiger partial charge in [0.1, 0.15) is 6.10 Å². The fourth-order valence-corrected chi connectivity index (χ4v) is 2.26. The fourth-order valence-electron chi connectivity index (χ4n) is 2.26. The van der Waals surface area contributed by atoms with Crippen LogP contribution in [0.2, 0.25) is 0 Å². The predicted octanol–water partition coefficient (Wildman–Crippen LogP) is 3.44. The van der Waals surface area contributed by atoms with Gasteiger partial charge in [-0.25, -0.2) is 0 Å². The van der Waals surface area contributed by atoms with Crippen LogP contribution >= 0.6 is 12.4 Å². The molecule has 0 aliphatic carbocycles. The summed E-state index contributed by atoms with van der Waals surface area (Å²) in [4.78, 5) is 8.70. The van der Waals surface area contributed by atoms with Gasteiger partial charge in [-0.2, -0.15) is 0 Å². The Kier molecular flexibility index (Phi) is 4.32. The molecule has 0 amide bonds. The zero-order chi connectivity index (χ0) is 13.2. The molecule has 0 bridgehead atoms. The molecule has 2 heterocycles. The van der Waals surface area contributed by atoms with Crippen LogP contribution in [-0.2, 0) is 0 Å². The summed E-state index contributed by atoms with van der Waals surface area (Å²) in [6.45, 7) is 1.93. The number of rotatable bonds is 2. The molecule has 4 heteroatoms. The van der Waals surface area contributed by atoms with Gasteiger partial charge >= 0.3 is 0 Å². The zero-order valence-corrected chi connectivity index (χ0v) is 11.8. The molecule has 3 aromatic rings. The van der Waals surface area contributed by atoms with Crippen LogP contribution in [0, 0.1) is 6.92 Å². The van der Waals surface area contributed by atoms with E-state index in [2.05, 4.69) is 9.97 Å². The molecule has 1 atom stereocenters. The molecule has 0 fully saturated rings. The first-order chi connectivity index (χ1) is 9.25. The lowest BCUT2D eigenvalue weighted by molar-refractivity contribution is 0.217. The fraction of sp³-hybridized carbons (Fsp3) is 0.125. The van der Waals surface area contributed by atoms with E-state index in [9.17, 15) is 5.11 Å². The monoisotopic (exact) mass is 286 g/mol. The van der Waals surface area contributed by atoms with Gasteiger partial charge in [0.2, 0.25) is 0 Å². The number of aliphatic hydroxyl groups excluding tert-OH is 1. The van der Waals surface area contributed by atoms with Crippen LogP contribution in [0.15, 0.2) is 54.7 Å². The first kappa shape index (κ1) is 14.4. The van der Waals surface area contributed by atoms with Crippen molar-refractivity contribution in [2.75, 3.05) is 0 Å². The second-order valence-corrected chi connectivity index (χ2v) is 4.53. The summed E-state index contributed by atoms with van der Waals surface area (Å²) in [5, 5.41) is 11.5. The lowest BCUT2D eigenvalue weighted by atomic mass is 10.0. The highest BCUT2D eigenvalue weighted by molar-refractivity contribution is 5.85. The van der Waals surface area contributed by atoms with Gasteiger partial charge in [0, 0.05) is 17.3 Å². The molecule has 2 aromatic heterocycles. The maximum Gasteiger partial charge on any atom is 0.122 e. The molecule has 0 radical (unpaired) electrons. The van der Waals surface area contributed by atoms with Crippen LogP contribution < -0.4 is 0 Å². The summed E-state index contributed by atoms with van der Waals surface area (Å²) in [7, 11) is 0. The number of nitrogens with zero attached hydrogens (tertiary/aromatic N) is 2. The minimum absolute atomic E-state index is 0. The van der Waals surface area contributed by atoms with Crippen molar-refractivity contribution < 1.29 is 5.11 Å². The molecule has 0 spiro atoms. The molecule has 1 aromatic carbocycles. The zero-order valence-electron chi connectivity index (χ0n) is 11.0. The van der Waals surface area contributed by atoms with Crippen molar-refractivity contribution >= 4 is 23.3 Å². The average molecular weight is 287 g/mol. The number of fused-ring (bicyclic) bond motifs is 1. The molecule has 0 aliphatic heterocycles. The summed E-state index contributed by atoms with van der Waals surface area (Å²) in [5.74, 6) is 0. The van der Waals surface area contributed by atoms with Crippen molar-refractivity contribution in [3.8, 4) is 0 Å². The summed E-state index contributed by atoms with van der Waals surface area (Å²) in [6, 6.07) is 15.3. The van der Waals surface area contributed by atoms with Crippen LogP contribution in [0.5, 0.6) is 0 Å². The molecule has 3 nitrogen and oxygen atoms in total. The van der Waals surface area contributed by atoms with E-state index in [0.717, 1.165) is 22.2 Å². The Balaban J connectivity index is 0.00000147. The highest BCUT2D eigenvalue weighted by Gasteiger charge is 2.15. The topological polar surface area (TPSA) is 46.0 Å². The number of hydrogen-bond donors (Lipinski definition) is 1. The summed E-state index contributed by atoms with van der Waals surface area (Å²) >= 11 is 0. The molecule has 1 unspecified atom stereocenters. The molecular formula is C16H15ClN2O. The van der Waals surface area contributed by atoms with E-state index >= 15 is 0 Å². The number of aryl methyl sites for hydroxylation is 1. The van der Waals surface area contributed by atoms with Crippen molar-refractivity contribution in [3.63, 3.8) is 0 Å². The molecule has 1 N–H and O–H groups in total. The van der Waals surface area contributed by atoms with E-state index in [4.69, 9.17) is 0 Å². The second-order valence-electron chi connectivity index (χ2n) is 4.53. The minimum atomic E-state index is -0.729. The quantitative estimate of drug-likeness (QED) is 0.785. The number of para-hydroxylation sites is 1. The van der Waals surface area contributed by atoms with Crippen molar-refractivity contribution in [1.82, 2.24) is 9.97 Å². The number of halogens is 1. The first-order valence-electron chi connectivity index (χ1n) is 6.21. The maximum atomic E-state index is 10.5. The van der Waals surface area contributed by atoms with E-state index in [-0.39, 0.29) is 12.4 Å². The smallest absolute Gasteiger partial charge is 0.122 e. The lowest BCUT2D eigenvalue weighted by Crippen LogP contribution is -2.04. The van der Waals surface area contributed by atoms with Gasteiger partial charge in [-0.1, -0.05) is 24.3 Å². The first-order valence-corrected chi connectivity index (χ1v) is 6.21. The molecule has 102 valence electrons. The third-order valence-corrected chi connectivity index (χ3v) is 3.14. The molecule has 3 rings (SSSR count). The summed E-state index contributed by atoms with van der Waals surface area (Å²) < 4.78 is 0. The number of aromatic nitrogens is 2. The molecule has 0 saturated heterocycles. The van der Waals surface area contributed by atoms with E-state index in [1.54, 1.807) is 6.20 Å². The second kappa shape index (κ2) is 5.99. The number of hydrogen-bond acceptors (Lipinski definition) is 3. The normalized spacial score (nSPS) is 11.9. The molecular weight excluding hydrogens is 272 g/mol. The van der Waals surface area contributed by atoms with E-state index < -0.39 is 6.10 Å². The third-order valence-electron chi connectivity index (χ3n) is 3.14. The standard InChI is InChI=1S/C16H14N2O.ClH/c1-11-10-13(12-6-2-3-7-14(12)18-11)16(19)15-8-4-5-9-17-15;/h2-10,16,19H,1H3;1H. The minimum Gasteiger partial charge on any atom is -0.382 e. The Morgan fingerprint density at radius 2 is 1.80 bits per heavy atom. The van der Waals surface area contributed by atoms with E-state index in [0.29, 0.717) is 5.69 Å². The van der Waals surface area contributed by atoms with E-state index in [1.165, 1.54) is 0 Å². The Labute approximate surface area is 123 Å². The van der Waals surface area contributed by atoms with Gasteiger partial charge in [0.25, 0.3) is 0 Å². The number of aliphatic hydroxyl groups is 1. The van der Waals surface area contributed by atoms with Crippen molar-refractivity contribution in [2.24, 2.45) is 0 Å². The van der Waals surface area contributed by atoms with Crippen LogP contribution in [-0.4, -0.2) is 15.1 Å².